The van der Waals surface area contributed by atoms with E-state index in [1.54, 1.807) is 13.0 Å². The van der Waals surface area contributed by atoms with Gasteiger partial charge in [-0.15, -0.1) is 0 Å². The second kappa shape index (κ2) is 9.47. The highest BCUT2D eigenvalue weighted by Crippen LogP contribution is 2.29. The van der Waals surface area contributed by atoms with E-state index in [4.69, 9.17) is 0 Å². The topological polar surface area (TPSA) is 120 Å². The minimum Gasteiger partial charge on any atom is -0.320 e. The lowest BCUT2D eigenvalue weighted by Crippen LogP contribution is -2.23. The predicted molar refractivity (Wildman–Crippen MR) is 126 cm³/mol. The maximum Gasteiger partial charge on any atom is 0.261 e. The molecule has 0 saturated heterocycles. The van der Waals surface area contributed by atoms with Crippen LogP contribution in [0, 0.1) is 11.6 Å². The van der Waals surface area contributed by atoms with Gasteiger partial charge in [0.15, 0.2) is 11.5 Å². The Morgan fingerprint density at radius 3 is 2.79 bits per heavy atom. The lowest BCUT2D eigenvalue weighted by Gasteiger charge is -2.21. The smallest absolute Gasteiger partial charge is 0.261 e. The third-order valence-electron chi connectivity index (χ3n) is 5.45. The van der Waals surface area contributed by atoms with Crippen LogP contribution in [0.3, 0.4) is 0 Å². The molecule has 1 amide bonds. The van der Waals surface area contributed by atoms with Crippen LogP contribution in [0.1, 0.15) is 35.8 Å². The molecule has 4 rings (SSSR count). The third-order valence-corrected chi connectivity index (χ3v) is 6.92. The molecule has 1 aromatic carbocycles. The molecule has 3 aromatic rings. The molecule has 2 aromatic heterocycles. The first kappa shape index (κ1) is 23.8. The number of benzene rings is 1. The second-order valence-electron chi connectivity index (χ2n) is 8.09. The average Bonchev–Trinajstić information content (AvgIpc) is 3.19. The van der Waals surface area contributed by atoms with E-state index in [2.05, 4.69) is 36.2 Å². The Bertz CT molecular complexity index is 1390. The number of hydrogen-bond donors (Lipinski definition) is 3. The molecular formula is C22H24F2N6O3S. The Kier molecular flexibility index (Phi) is 6.62. The number of aromatic amines is 1. The fourth-order valence-electron chi connectivity index (χ4n) is 3.72. The first-order chi connectivity index (χ1) is 16.2. The number of nitrogens with one attached hydrogen (secondary N) is 3. The highest BCUT2D eigenvalue weighted by molar-refractivity contribution is 7.92. The van der Waals surface area contributed by atoms with E-state index in [9.17, 15) is 22.0 Å². The van der Waals surface area contributed by atoms with E-state index in [1.165, 1.54) is 6.20 Å². The number of amides is 1. The Morgan fingerprint density at radius 1 is 1.29 bits per heavy atom. The molecular weight excluding hydrogens is 466 g/mol. The van der Waals surface area contributed by atoms with Gasteiger partial charge < -0.3 is 10.2 Å². The van der Waals surface area contributed by atoms with Crippen molar-refractivity contribution in [3.8, 4) is 0 Å². The molecule has 0 spiro atoms. The number of pyridine rings is 1. The molecule has 34 heavy (non-hydrogen) atoms. The monoisotopic (exact) mass is 490 g/mol. The van der Waals surface area contributed by atoms with Crippen molar-refractivity contribution in [2.45, 2.75) is 19.8 Å². The summed E-state index contributed by atoms with van der Waals surface area (Å²) in [7, 11) is -1.81. The molecule has 3 N–H and O–H groups in total. The summed E-state index contributed by atoms with van der Waals surface area (Å²) in [6, 6.07) is 3.40. The van der Waals surface area contributed by atoms with Crippen LogP contribution < -0.4 is 10.0 Å². The minimum absolute atomic E-state index is 0.212. The number of likely N-dealkylation sites (N-methyl/N-ethyl adjacent to an activating group) is 1. The van der Waals surface area contributed by atoms with E-state index in [0.717, 1.165) is 37.2 Å². The fraction of sp³-hybridized carbons (Fsp3) is 0.318. The summed E-state index contributed by atoms with van der Waals surface area (Å²) in [5, 5.41) is 10.3. The van der Waals surface area contributed by atoms with Crippen molar-refractivity contribution >= 4 is 43.9 Å². The number of aromatic nitrogens is 3. The van der Waals surface area contributed by atoms with Crippen LogP contribution in [0.4, 0.5) is 20.2 Å². The van der Waals surface area contributed by atoms with Gasteiger partial charge in [-0.2, -0.15) is 5.10 Å². The van der Waals surface area contributed by atoms with Gasteiger partial charge in [-0.1, -0.05) is 13.0 Å². The molecule has 0 atom stereocenters. The van der Waals surface area contributed by atoms with Gasteiger partial charge in [0.2, 0.25) is 10.0 Å². The lowest BCUT2D eigenvalue weighted by atomic mass is 10.0. The number of carbonyl (C=O) groups excluding carboxylic acids is 1. The molecule has 9 nitrogen and oxygen atoms in total. The maximum absolute atomic E-state index is 14.9. The van der Waals surface area contributed by atoms with Crippen molar-refractivity contribution in [2.24, 2.45) is 0 Å². The van der Waals surface area contributed by atoms with Gasteiger partial charge in [-0.05, 0) is 43.7 Å². The number of rotatable bonds is 7. The molecule has 0 fully saturated rings. The van der Waals surface area contributed by atoms with Crippen molar-refractivity contribution in [3.63, 3.8) is 0 Å². The fourth-order valence-corrected chi connectivity index (χ4v) is 4.85. The highest BCUT2D eigenvalue weighted by Gasteiger charge is 2.23. The first-order valence-electron chi connectivity index (χ1n) is 10.7. The number of halogens is 2. The highest BCUT2D eigenvalue weighted by atomic mass is 32.2. The number of H-pyrrole nitrogens is 1. The van der Waals surface area contributed by atoms with Crippen molar-refractivity contribution in [3.05, 3.63) is 53.4 Å². The SMILES string of the molecule is CCCS(=O)(=O)Nc1ccc(F)c(C(=O)Nc2cnc3[nH]nc(C4=CCN(C)CC4)c3c2)c1F. The molecule has 1 aliphatic rings. The molecule has 12 heteroatoms. The number of fused-ring (bicyclic) bond motifs is 1. The van der Waals surface area contributed by atoms with Gasteiger partial charge in [0.25, 0.3) is 5.91 Å². The van der Waals surface area contributed by atoms with Gasteiger partial charge in [0.05, 0.1) is 29.0 Å². The number of sulfonamides is 1. The molecule has 3 heterocycles. The lowest BCUT2D eigenvalue weighted by molar-refractivity contribution is 0.101. The van der Waals surface area contributed by atoms with Crippen LogP contribution in [0.2, 0.25) is 0 Å². The molecule has 1 aliphatic heterocycles. The van der Waals surface area contributed by atoms with E-state index in [0.29, 0.717) is 23.1 Å². The number of hydrogen-bond acceptors (Lipinski definition) is 6. The number of anilines is 2. The normalized spacial score (nSPS) is 14.8. The molecule has 0 radical (unpaired) electrons. The zero-order valence-electron chi connectivity index (χ0n) is 18.7. The summed E-state index contributed by atoms with van der Waals surface area (Å²) in [5.74, 6) is -3.73. The molecule has 180 valence electrons. The van der Waals surface area contributed by atoms with E-state index in [-0.39, 0.29) is 11.4 Å². The summed E-state index contributed by atoms with van der Waals surface area (Å²) in [4.78, 5) is 19.2. The summed E-state index contributed by atoms with van der Waals surface area (Å²) in [6.07, 6.45) is 4.52. The minimum atomic E-state index is -3.83. The zero-order chi connectivity index (χ0) is 24.5. The van der Waals surface area contributed by atoms with Crippen LogP contribution >= 0.6 is 0 Å². The van der Waals surface area contributed by atoms with E-state index < -0.39 is 38.8 Å². The summed E-state index contributed by atoms with van der Waals surface area (Å²) < 4.78 is 55.4. The van der Waals surface area contributed by atoms with Crippen LogP contribution in [-0.4, -0.2) is 60.3 Å². The molecule has 0 unspecified atom stereocenters. The average molecular weight is 491 g/mol. The molecule has 0 bridgehead atoms. The van der Waals surface area contributed by atoms with Crippen LogP contribution in [-0.2, 0) is 10.0 Å². The standard InChI is InChI=1S/C22H24F2N6O3S/c1-3-10-34(32,33)29-17-5-4-16(23)18(19(17)24)22(31)26-14-11-15-20(27-28-21(15)25-12-14)13-6-8-30(2)9-7-13/h4-6,11-12,29H,3,7-10H2,1-2H3,(H,26,31)(H,25,27,28). The van der Waals surface area contributed by atoms with Crippen molar-refractivity contribution in [2.75, 3.05) is 35.9 Å². The van der Waals surface area contributed by atoms with Crippen molar-refractivity contribution in [1.29, 1.82) is 0 Å². The Balaban J connectivity index is 1.62. The van der Waals surface area contributed by atoms with Crippen molar-refractivity contribution < 1.29 is 22.0 Å². The van der Waals surface area contributed by atoms with Gasteiger partial charge in [0, 0.05) is 18.5 Å². The van der Waals surface area contributed by atoms with Gasteiger partial charge in [0.1, 0.15) is 11.4 Å². The van der Waals surface area contributed by atoms with Crippen LogP contribution in [0.25, 0.3) is 16.6 Å². The van der Waals surface area contributed by atoms with Crippen molar-refractivity contribution in [1.82, 2.24) is 20.1 Å². The van der Waals surface area contributed by atoms with Gasteiger partial charge >= 0.3 is 0 Å². The predicted octanol–water partition coefficient (Wildman–Crippen LogP) is 3.36. The summed E-state index contributed by atoms with van der Waals surface area (Å²) >= 11 is 0. The number of carbonyl (C=O) groups is 1. The van der Waals surface area contributed by atoms with E-state index >= 15 is 0 Å². The van der Waals surface area contributed by atoms with Gasteiger partial charge in [-0.3, -0.25) is 14.6 Å². The molecule has 0 aliphatic carbocycles. The third kappa shape index (κ3) is 4.92. The molecule has 0 saturated carbocycles. The Labute approximate surface area is 195 Å². The summed E-state index contributed by atoms with van der Waals surface area (Å²) in [5.41, 5.74) is 1.07. The quantitative estimate of drug-likeness (QED) is 0.467. The largest absolute Gasteiger partial charge is 0.320 e. The first-order valence-corrected chi connectivity index (χ1v) is 12.4. The number of nitrogens with zero attached hydrogens (tertiary/aromatic N) is 3. The van der Waals surface area contributed by atoms with E-state index in [1.807, 2.05) is 7.05 Å². The van der Waals surface area contributed by atoms with Crippen LogP contribution in [0.15, 0.2) is 30.5 Å². The Hall–Kier alpha value is -3.38. The van der Waals surface area contributed by atoms with Crippen LogP contribution in [0.5, 0.6) is 0 Å². The second-order valence-corrected chi connectivity index (χ2v) is 9.93. The maximum atomic E-state index is 14.9. The summed E-state index contributed by atoms with van der Waals surface area (Å²) in [6.45, 7) is 3.31. The zero-order valence-corrected chi connectivity index (χ0v) is 19.5. The van der Waals surface area contributed by atoms with Gasteiger partial charge in [-0.25, -0.2) is 22.2 Å². The Morgan fingerprint density at radius 2 is 2.09 bits per heavy atom.